The summed E-state index contributed by atoms with van der Waals surface area (Å²) in [5, 5.41) is 8.17. The van der Waals surface area contributed by atoms with Crippen molar-refractivity contribution in [2.75, 3.05) is 5.43 Å². The molecule has 120 valence electrons. The summed E-state index contributed by atoms with van der Waals surface area (Å²) in [6, 6.07) is 29.6. The summed E-state index contributed by atoms with van der Waals surface area (Å²) >= 11 is 5.83. The van der Waals surface area contributed by atoms with Crippen LogP contribution >= 0.6 is 12.2 Å². The number of thiocarbonyl (C=S) groups is 1. The topological polar surface area (TPSA) is 48.8 Å². The number of azo groups is 1. The van der Waals surface area contributed by atoms with Gasteiger partial charge in [-0.2, -0.15) is 0 Å². The summed E-state index contributed by atoms with van der Waals surface area (Å²) in [5.41, 5.74) is 7.40. The van der Waals surface area contributed by atoms with Gasteiger partial charge in [0, 0.05) is 0 Å². The van der Waals surface area contributed by atoms with Gasteiger partial charge in [0.2, 0.25) is 5.11 Å². The number of hydrogen-bond acceptors (Lipinski definition) is 3. The zero-order valence-corrected chi connectivity index (χ0v) is 20.0. The third-order valence-corrected chi connectivity index (χ3v) is 4.96. The van der Waals surface area contributed by atoms with E-state index < -0.39 is 0 Å². The van der Waals surface area contributed by atoms with Crippen LogP contribution < -0.4 is 13.9 Å². The summed E-state index contributed by atoms with van der Waals surface area (Å²) in [7, 11) is 0. The number of hydrazine groups is 1. The molecule has 0 radical (unpaired) electrons. The molecular formula is C19H17HgN4S+. The first-order valence-corrected chi connectivity index (χ1v) is 10.8. The molecule has 6 heteroatoms. The normalized spacial score (nSPS) is 9.84. The van der Waals surface area contributed by atoms with Crippen LogP contribution in [0.5, 0.6) is 0 Å². The number of benzene rings is 3. The Balaban J connectivity index is 0.000000269. The minimum absolute atomic E-state index is 0.280. The zero-order chi connectivity index (χ0) is 17.7. The Morgan fingerprint density at radius 2 is 1.28 bits per heavy atom. The predicted molar refractivity (Wildman–Crippen MR) is 103 cm³/mol. The second-order valence-corrected chi connectivity index (χ2v) is 8.50. The van der Waals surface area contributed by atoms with E-state index in [1.807, 2.05) is 60.7 Å². The molecule has 0 aromatic heterocycles. The molecule has 0 fully saturated rings. The van der Waals surface area contributed by atoms with Crippen molar-refractivity contribution in [1.29, 1.82) is 0 Å². The van der Waals surface area contributed by atoms with Crippen molar-refractivity contribution in [3.05, 3.63) is 91.0 Å². The third-order valence-electron chi connectivity index (χ3n) is 2.94. The fourth-order valence-electron chi connectivity index (χ4n) is 1.75. The fourth-order valence-corrected chi connectivity index (χ4v) is 2.90. The van der Waals surface area contributed by atoms with E-state index in [4.69, 9.17) is 12.2 Å². The van der Waals surface area contributed by atoms with E-state index in [1.165, 1.54) is 3.07 Å². The molecule has 0 aliphatic carbocycles. The maximum atomic E-state index is 5.02. The van der Waals surface area contributed by atoms with Crippen LogP contribution in [0.15, 0.2) is 101 Å². The van der Waals surface area contributed by atoms with Gasteiger partial charge in [0.1, 0.15) is 0 Å². The average Bonchev–Trinajstić information content (AvgIpc) is 2.67. The number of anilines is 1. The quantitative estimate of drug-likeness (QED) is 0.225. The van der Waals surface area contributed by atoms with Crippen molar-refractivity contribution < 1.29 is 26.1 Å². The van der Waals surface area contributed by atoms with Gasteiger partial charge >= 0.3 is 59.5 Å². The second-order valence-electron chi connectivity index (χ2n) is 4.94. The van der Waals surface area contributed by atoms with Gasteiger partial charge in [-0.15, -0.1) is 10.2 Å². The Bertz CT molecular complexity index is 780. The van der Waals surface area contributed by atoms with Crippen LogP contribution in [0.1, 0.15) is 0 Å². The number of hydrogen-bond donors (Lipinski definition) is 2. The Kier molecular flexibility index (Phi) is 8.79. The van der Waals surface area contributed by atoms with Crippen molar-refractivity contribution in [2.45, 2.75) is 0 Å². The first-order chi connectivity index (χ1) is 12.2. The van der Waals surface area contributed by atoms with Crippen molar-refractivity contribution >= 4 is 31.8 Å². The van der Waals surface area contributed by atoms with E-state index in [0.717, 1.165) is 37.5 Å². The molecule has 0 bridgehead atoms. The molecule has 3 aromatic rings. The molecule has 0 saturated heterocycles. The van der Waals surface area contributed by atoms with Gasteiger partial charge in [0.05, 0.1) is 11.4 Å². The Hall–Kier alpha value is -2.11. The molecular weight excluding hydrogens is 517 g/mol. The van der Waals surface area contributed by atoms with Crippen LogP contribution in [0.3, 0.4) is 0 Å². The standard InChI is InChI=1S/C13H12N4S.C6H5.Hg/c18-13(16-14-11-7-3-1-4-8-11)17-15-12-9-5-2-6-10-12;1-2-4-6-5-3-1;/h1-10,14H,(H,16,18);1-5H;/q;;+1. The van der Waals surface area contributed by atoms with Crippen molar-refractivity contribution in [2.24, 2.45) is 10.2 Å². The van der Waals surface area contributed by atoms with Crippen LogP contribution in [-0.4, -0.2) is 5.11 Å². The van der Waals surface area contributed by atoms with Crippen molar-refractivity contribution in [1.82, 2.24) is 5.43 Å². The summed E-state index contributed by atoms with van der Waals surface area (Å²) in [5.74, 6) is 0. The molecule has 0 unspecified atom stereocenters. The van der Waals surface area contributed by atoms with Gasteiger partial charge in [0.15, 0.2) is 0 Å². The average molecular weight is 534 g/mol. The molecule has 2 N–H and O–H groups in total. The number of nitrogens with zero attached hydrogens (tertiary/aromatic N) is 2. The summed E-state index contributed by atoms with van der Waals surface area (Å²) in [6.45, 7) is 0. The molecule has 0 amide bonds. The molecule has 0 aliphatic rings. The number of para-hydroxylation sites is 1. The van der Waals surface area contributed by atoms with Gasteiger partial charge < -0.3 is 0 Å². The van der Waals surface area contributed by atoms with Gasteiger partial charge in [-0.25, -0.2) is 0 Å². The van der Waals surface area contributed by atoms with E-state index in [0.29, 0.717) is 0 Å². The monoisotopic (exact) mass is 535 g/mol. The van der Waals surface area contributed by atoms with Crippen molar-refractivity contribution in [3.8, 4) is 0 Å². The van der Waals surface area contributed by atoms with Gasteiger partial charge in [-0.1, -0.05) is 36.4 Å². The second kappa shape index (κ2) is 11.4. The van der Waals surface area contributed by atoms with Gasteiger partial charge in [-0.3, -0.25) is 10.9 Å². The molecule has 3 aromatic carbocycles. The van der Waals surface area contributed by atoms with Crippen LogP contribution in [0.4, 0.5) is 11.4 Å². The predicted octanol–water partition coefficient (Wildman–Crippen LogP) is 4.53. The summed E-state index contributed by atoms with van der Waals surface area (Å²) in [4.78, 5) is 0. The Labute approximate surface area is 169 Å². The van der Waals surface area contributed by atoms with E-state index in [2.05, 4.69) is 51.4 Å². The first-order valence-electron chi connectivity index (χ1n) is 7.69. The molecule has 25 heavy (non-hydrogen) atoms. The van der Waals surface area contributed by atoms with Crippen molar-refractivity contribution in [3.63, 3.8) is 0 Å². The van der Waals surface area contributed by atoms with Crippen LogP contribution in [0, 0.1) is 0 Å². The molecule has 3 rings (SSSR count). The van der Waals surface area contributed by atoms with E-state index >= 15 is 0 Å². The summed E-state index contributed by atoms with van der Waals surface area (Å²) in [6.07, 6.45) is 0. The number of nitrogens with one attached hydrogen (secondary N) is 2. The van der Waals surface area contributed by atoms with Crippen LogP contribution in [0.2, 0.25) is 0 Å². The first kappa shape index (κ1) is 19.2. The van der Waals surface area contributed by atoms with E-state index in [-0.39, 0.29) is 5.11 Å². The van der Waals surface area contributed by atoms with Gasteiger partial charge in [0.25, 0.3) is 0 Å². The third kappa shape index (κ3) is 8.51. The molecule has 0 spiro atoms. The molecule has 4 nitrogen and oxygen atoms in total. The molecule has 0 saturated carbocycles. The zero-order valence-electron chi connectivity index (χ0n) is 13.7. The maximum absolute atomic E-state index is 5.02. The van der Waals surface area contributed by atoms with Gasteiger partial charge in [-0.05, 0) is 36.5 Å². The Morgan fingerprint density at radius 1 is 0.760 bits per heavy atom. The molecule has 0 heterocycles. The number of rotatable bonds is 3. The Morgan fingerprint density at radius 3 is 1.80 bits per heavy atom. The fraction of sp³-hybridized carbons (Fsp3) is 0. The van der Waals surface area contributed by atoms with E-state index in [1.54, 1.807) is 0 Å². The van der Waals surface area contributed by atoms with E-state index in [9.17, 15) is 0 Å². The minimum atomic E-state index is 0.280. The molecule has 0 aliphatic heterocycles. The summed E-state index contributed by atoms with van der Waals surface area (Å²) < 4.78 is 1.52. The van der Waals surface area contributed by atoms with Crippen LogP contribution in [-0.2, 0) is 26.1 Å². The SMILES string of the molecule is S=C(N=Nc1ccccc1)NNc1ccccc1.[Hg+][c]1ccccc1. The van der Waals surface area contributed by atoms with Crippen LogP contribution in [0.25, 0.3) is 0 Å². The molecule has 0 atom stereocenters.